The van der Waals surface area contributed by atoms with E-state index in [0.29, 0.717) is 28.5 Å². The van der Waals surface area contributed by atoms with Gasteiger partial charge in [0.2, 0.25) is 0 Å². The quantitative estimate of drug-likeness (QED) is 0.417. The number of nitro benzene ring substituents is 1. The van der Waals surface area contributed by atoms with E-state index in [2.05, 4.69) is 10.3 Å². The molecule has 0 spiro atoms. The first-order chi connectivity index (χ1) is 14.4. The monoisotopic (exact) mass is 474 g/mol. The molecule has 2 aromatic carbocycles. The van der Waals surface area contributed by atoms with Crippen LogP contribution >= 0.6 is 11.6 Å². The average Bonchev–Trinajstić information content (AvgIpc) is 3.11. The van der Waals surface area contributed by atoms with E-state index in [0.717, 1.165) is 6.07 Å². The number of hydrogen-bond donors (Lipinski definition) is 1. The largest absolute Gasteiger partial charge is 0.501 e. The van der Waals surface area contributed by atoms with Gasteiger partial charge in [-0.05, 0) is 29.8 Å². The molecule has 1 atom stereocenters. The highest BCUT2D eigenvalue weighted by Gasteiger charge is 2.47. The van der Waals surface area contributed by atoms with Crippen LogP contribution in [0, 0.1) is 10.1 Å². The minimum Gasteiger partial charge on any atom is -0.366 e. The van der Waals surface area contributed by atoms with Crippen molar-refractivity contribution in [3.05, 3.63) is 81.4 Å². The van der Waals surface area contributed by atoms with Gasteiger partial charge in [0, 0.05) is 30.5 Å². The van der Waals surface area contributed by atoms with Crippen molar-refractivity contribution >= 4 is 32.8 Å². The third-order valence-corrected chi connectivity index (χ3v) is 6.14. The van der Waals surface area contributed by atoms with E-state index >= 15 is 0 Å². The molecule has 1 heterocycles. The molecule has 1 aromatic heterocycles. The topological polar surface area (TPSA) is 107 Å². The molecule has 0 amide bonds. The maximum Gasteiger partial charge on any atom is 0.501 e. The lowest BCUT2D eigenvalue weighted by Gasteiger charge is -2.20. The predicted octanol–water partition coefficient (Wildman–Crippen LogP) is 4.48. The van der Waals surface area contributed by atoms with Crippen LogP contribution in [0.1, 0.15) is 17.4 Å². The third-order valence-electron chi connectivity index (χ3n) is 4.40. The number of halogens is 4. The molecular formula is C18H14ClF3N4O4S. The Morgan fingerprint density at radius 1 is 1.19 bits per heavy atom. The van der Waals surface area contributed by atoms with E-state index in [9.17, 15) is 31.7 Å². The Kier molecular flexibility index (Phi) is 5.96. The Hall–Kier alpha value is -3.12. The summed E-state index contributed by atoms with van der Waals surface area (Å²) in [6.07, 6.45) is 3.15. The molecule has 0 unspecified atom stereocenters. The lowest BCUT2D eigenvalue weighted by molar-refractivity contribution is -0.384. The molecule has 13 heteroatoms. The fourth-order valence-corrected chi connectivity index (χ4v) is 3.76. The number of aryl methyl sites for hydroxylation is 1. The van der Waals surface area contributed by atoms with Crippen molar-refractivity contribution in [2.45, 2.75) is 16.4 Å². The molecule has 164 valence electrons. The van der Waals surface area contributed by atoms with Crippen molar-refractivity contribution in [2.24, 2.45) is 7.05 Å². The summed E-state index contributed by atoms with van der Waals surface area (Å²) >= 11 is 5.92. The number of sulfone groups is 1. The molecule has 31 heavy (non-hydrogen) atoms. The maximum absolute atomic E-state index is 12.9. The SMILES string of the molecule is Cn1ccnc1[C@@H](Nc1ccc(S(=O)(=O)C(F)(F)F)cc1[N+](=O)[O-])c1ccc(Cl)cc1. The second kappa shape index (κ2) is 8.19. The molecule has 3 aromatic rings. The van der Waals surface area contributed by atoms with Crippen molar-refractivity contribution in [1.82, 2.24) is 9.55 Å². The van der Waals surface area contributed by atoms with Crippen molar-refractivity contribution < 1.29 is 26.5 Å². The van der Waals surface area contributed by atoms with Crippen LogP contribution in [0.3, 0.4) is 0 Å². The van der Waals surface area contributed by atoms with Crippen molar-refractivity contribution in [3.8, 4) is 0 Å². The van der Waals surface area contributed by atoms with Gasteiger partial charge in [-0.25, -0.2) is 13.4 Å². The van der Waals surface area contributed by atoms with E-state index < -0.39 is 36.9 Å². The maximum atomic E-state index is 12.9. The van der Waals surface area contributed by atoms with Crippen LogP contribution in [0.4, 0.5) is 24.5 Å². The minimum absolute atomic E-state index is 0.186. The fourth-order valence-electron chi connectivity index (χ4n) is 2.85. The second-order valence-electron chi connectivity index (χ2n) is 6.41. The molecule has 0 aliphatic carbocycles. The Labute approximate surface area is 179 Å². The van der Waals surface area contributed by atoms with Gasteiger partial charge in [-0.3, -0.25) is 10.1 Å². The minimum atomic E-state index is -5.75. The Balaban J connectivity index is 2.10. The van der Waals surface area contributed by atoms with Crippen LogP contribution in [0.5, 0.6) is 0 Å². The van der Waals surface area contributed by atoms with Crippen LogP contribution in [0.15, 0.2) is 59.8 Å². The molecule has 8 nitrogen and oxygen atoms in total. The molecule has 0 radical (unpaired) electrons. The molecule has 0 aliphatic rings. The van der Waals surface area contributed by atoms with Gasteiger partial charge in [0.25, 0.3) is 15.5 Å². The Bertz CT molecular complexity index is 1230. The zero-order valence-electron chi connectivity index (χ0n) is 15.7. The molecule has 0 fully saturated rings. The number of hydrogen-bond acceptors (Lipinski definition) is 6. The van der Waals surface area contributed by atoms with E-state index in [-0.39, 0.29) is 5.69 Å². The second-order valence-corrected chi connectivity index (χ2v) is 8.79. The number of benzene rings is 2. The molecular weight excluding hydrogens is 461 g/mol. The summed E-state index contributed by atoms with van der Waals surface area (Å²) in [6, 6.07) is 7.72. The summed E-state index contributed by atoms with van der Waals surface area (Å²) in [5.74, 6) is 0.448. The first-order valence-corrected chi connectivity index (χ1v) is 10.4. The molecule has 3 rings (SSSR count). The Morgan fingerprint density at radius 2 is 1.84 bits per heavy atom. The summed E-state index contributed by atoms with van der Waals surface area (Å²) in [6.45, 7) is 0. The van der Waals surface area contributed by atoms with Crippen molar-refractivity contribution in [3.63, 3.8) is 0 Å². The normalized spacial score (nSPS) is 13.1. The van der Waals surface area contributed by atoms with Gasteiger partial charge in [-0.2, -0.15) is 13.2 Å². The number of alkyl halides is 3. The fraction of sp³-hybridized carbons (Fsp3) is 0.167. The lowest BCUT2D eigenvalue weighted by Crippen LogP contribution is -2.23. The van der Waals surface area contributed by atoms with E-state index in [1.165, 1.54) is 6.20 Å². The average molecular weight is 475 g/mol. The summed E-state index contributed by atoms with van der Waals surface area (Å²) < 4.78 is 63.5. The van der Waals surface area contributed by atoms with Gasteiger partial charge in [-0.15, -0.1) is 0 Å². The molecule has 0 saturated heterocycles. The highest BCUT2D eigenvalue weighted by molar-refractivity contribution is 7.92. The van der Waals surface area contributed by atoms with E-state index in [1.807, 2.05) is 0 Å². The molecule has 1 N–H and O–H groups in total. The number of aromatic nitrogens is 2. The molecule has 0 bridgehead atoms. The van der Waals surface area contributed by atoms with Crippen LogP contribution in [0.25, 0.3) is 0 Å². The highest BCUT2D eigenvalue weighted by Crippen LogP contribution is 2.37. The van der Waals surface area contributed by atoms with Gasteiger partial charge >= 0.3 is 5.51 Å². The number of nitrogens with zero attached hydrogens (tertiary/aromatic N) is 3. The van der Waals surface area contributed by atoms with Gasteiger partial charge in [-0.1, -0.05) is 23.7 Å². The number of nitrogens with one attached hydrogen (secondary N) is 1. The smallest absolute Gasteiger partial charge is 0.366 e. The number of nitro groups is 1. The summed E-state index contributed by atoms with van der Waals surface area (Å²) in [7, 11) is -4.05. The summed E-state index contributed by atoms with van der Waals surface area (Å²) in [5.41, 5.74) is -6.00. The lowest BCUT2D eigenvalue weighted by atomic mass is 10.1. The van der Waals surface area contributed by atoms with Crippen LogP contribution < -0.4 is 5.32 Å². The predicted molar refractivity (Wildman–Crippen MR) is 106 cm³/mol. The van der Waals surface area contributed by atoms with Crippen molar-refractivity contribution in [2.75, 3.05) is 5.32 Å². The third kappa shape index (κ3) is 4.49. The number of rotatable bonds is 6. The van der Waals surface area contributed by atoms with Crippen molar-refractivity contribution in [1.29, 1.82) is 0 Å². The van der Waals surface area contributed by atoms with E-state index in [4.69, 9.17) is 11.6 Å². The summed E-state index contributed by atoms with van der Waals surface area (Å²) in [4.78, 5) is 13.6. The zero-order valence-corrected chi connectivity index (χ0v) is 17.2. The van der Waals surface area contributed by atoms with Crippen LogP contribution in [-0.4, -0.2) is 28.4 Å². The Morgan fingerprint density at radius 3 is 2.35 bits per heavy atom. The van der Waals surface area contributed by atoms with Gasteiger partial charge in [0.05, 0.1) is 9.82 Å². The number of anilines is 1. The molecule has 0 aliphatic heterocycles. The standard InChI is InChI=1S/C18H14ClF3N4O4S/c1-25-9-8-23-17(25)16(11-2-4-12(19)5-3-11)24-14-7-6-13(10-15(14)26(27)28)31(29,30)18(20,21)22/h2-10,16,24H,1H3/t16-/m0/s1. The van der Waals surface area contributed by atoms with Gasteiger partial charge in [0.15, 0.2) is 0 Å². The zero-order chi connectivity index (χ0) is 23.0. The highest BCUT2D eigenvalue weighted by atomic mass is 35.5. The first-order valence-electron chi connectivity index (χ1n) is 8.51. The van der Waals surface area contributed by atoms with Gasteiger partial charge in [0.1, 0.15) is 17.6 Å². The summed E-state index contributed by atoms with van der Waals surface area (Å²) in [5, 5.41) is 14.9. The van der Waals surface area contributed by atoms with E-state index in [1.54, 1.807) is 42.1 Å². The molecule has 0 saturated carbocycles. The van der Waals surface area contributed by atoms with Crippen LogP contribution in [0.2, 0.25) is 5.02 Å². The van der Waals surface area contributed by atoms with Gasteiger partial charge < -0.3 is 9.88 Å². The number of imidazole rings is 1. The first kappa shape index (κ1) is 22.6. The van der Waals surface area contributed by atoms with Crippen LogP contribution in [-0.2, 0) is 16.9 Å².